The predicted octanol–water partition coefficient (Wildman–Crippen LogP) is 6.53. The molecule has 0 bridgehead atoms. The summed E-state index contributed by atoms with van der Waals surface area (Å²) in [7, 11) is 0. The zero-order valence-electron chi connectivity index (χ0n) is 32.3. The summed E-state index contributed by atoms with van der Waals surface area (Å²) < 4.78 is 5.92. The minimum Gasteiger partial charge on any atom is -0.493 e. The molecular formula is C41H56ClN5O6S. The maximum Gasteiger partial charge on any atom is 0.246 e. The van der Waals surface area contributed by atoms with Crippen LogP contribution in [0.2, 0.25) is 5.02 Å². The van der Waals surface area contributed by atoms with Gasteiger partial charge in [-0.1, -0.05) is 70.0 Å². The lowest BCUT2D eigenvalue weighted by Gasteiger charge is -2.35. The zero-order chi connectivity index (χ0) is 39.6. The van der Waals surface area contributed by atoms with Crippen LogP contribution in [0.1, 0.15) is 102 Å². The Labute approximate surface area is 328 Å². The van der Waals surface area contributed by atoms with Crippen molar-refractivity contribution in [2.24, 2.45) is 17.1 Å². The normalized spacial score (nSPS) is 17.4. The second-order valence-corrected chi connectivity index (χ2v) is 16.9. The van der Waals surface area contributed by atoms with E-state index in [4.69, 9.17) is 22.1 Å². The van der Waals surface area contributed by atoms with Gasteiger partial charge >= 0.3 is 0 Å². The number of hydrogen-bond acceptors (Lipinski definition) is 8. The number of nitrogens with one attached hydrogen (secondary N) is 2. The number of halogens is 1. The molecule has 1 fully saturated rings. The number of nitrogens with zero attached hydrogens (tertiary/aromatic N) is 2. The van der Waals surface area contributed by atoms with Gasteiger partial charge in [0.1, 0.15) is 17.8 Å². The van der Waals surface area contributed by atoms with Gasteiger partial charge in [0.25, 0.3) is 0 Å². The number of primary amides is 1. The van der Waals surface area contributed by atoms with Gasteiger partial charge in [-0.2, -0.15) is 0 Å². The summed E-state index contributed by atoms with van der Waals surface area (Å²) >= 11 is 8.04. The van der Waals surface area contributed by atoms with E-state index >= 15 is 0 Å². The Balaban J connectivity index is 1.27. The van der Waals surface area contributed by atoms with Gasteiger partial charge in [0.15, 0.2) is 0 Å². The van der Waals surface area contributed by atoms with Crippen molar-refractivity contribution in [2.45, 2.75) is 117 Å². The Hall–Kier alpha value is -4.00. The second kappa shape index (κ2) is 19.5. The molecule has 0 spiro atoms. The monoisotopic (exact) mass is 781 g/mol. The van der Waals surface area contributed by atoms with E-state index in [1.165, 1.54) is 4.90 Å². The van der Waals surface area contributed by atoms with E-state index in [-0.39, 0.29) is 55.0 Å². The average molecular weight is 782 g/mol. The quantitative estimate of drug-likeness (QED) is 0.107. The molecule has 294 valence electrons. The smallest absolute Gasteiger partial charge is 0.246 e. The van der Waals surface area contributed by atoms with Crippen LogP contribution in [0.5, 0.6) is 5.75 Å². The fourth-order valence-electron chi connectivity index (χ4n) is 6.57. The molecule has 0 unspecified atom stereocenters. The molecule has 3 aromatic rings. The fraction of sp³-hybridized carbons (Fsp3) is 0.537. The molecule has 5 atom stereocenters. The molecule has 4 rings (SSSR count). The van der Waals surface area contributed by atoms with Crippen LogP contribution in [-0.4, -0.2) is 70.0 Å². The van der Waals surface area contributed by atoms with Crippen LogP contribution in [0, 0.1) is 18.3 Å². The van der Waals surface area contributed by atoms with E-state index < -0.39 is 23.6 Å². The second-order valence-electron chi connectivity index (χ2n) is 15.6. The number of aliphatic hydroxyl groups is 1. The van der Waals surface area contributed by atoms with Crippen LogP contribution in [0.25, 0.3) is 10.4 Å². The molecule has 0 saturated carbocycles. The van der Waals surface area contributed by atoms with Crippen molar-refractivity contribution < 1.29 is 29.0 Å². The first-order valence-corrected chi connectivity index (χ1v) is 20.1. The minimum atomic E-state index is -0.883. The summed E-state index contributed by atoms with van der Waals surface area (Å²) in [5, 5.41) is 17.2. The number of likely N-dealkylation sites (tertiary alicyclic amines) is 1. The number of aryl methyl sites for hydroxylation is 2. The number of amides is 4. The van der Waals surface area contributed by atoms with E-state index in [0.29, 0.717) is 36.6 Å². The molecule has 1 aliphatic heterocycles. The maximum absolute atomic E-state index is 14.0. The Kier molecular flexibility index (Phi) is 15.5. The molecule has 5 N–H and O–H groups in total. The first kappa shape index (κ1) is 42.7. The number of nitrogens with two attached hydrogens (primary N) is 1. The summed E-state index contributed by atoms with van der Waals surface area (Å²) in [6.07, 6.45) is 3.43. The lowest BCUT2D eigenvalue weighted by molar-refractivity contribution is -0.144. The van der Waals surface area contributed by atoms with Gasteiger partial charge in [-0.05, 0) is 85.8 Å². The number of unbranched alkanes of at least 4 members (excludes halogenated alkanes) is 2. The van der Waals surface area contributed by atoms with E-state index in [9.17, 15) is 24.3 Å². The zero-order valence-corrected chi connectivity index (χ0v) is 33.9. The third-order valence-electron chi connectivity index (χ3n) is 9.85. The van der Waals surface area contributed by atoms with Crippen molar-refractivity contribution in [3.05, 3.63) is 69.8 Å². The van der Waals surface area contributed by atoms with Crippen molar-refractivity contribution in [2.75, 3.05) is 13.2 Å². The van der Waals surface area contributed by atoms with Crippen molar-refractivity contribution in [3.8, 4) is 16.2 Å². The molecule has 2 heterocycles. The van der Waals surface area contributed by atoms with E-state index in [1.807, 2.05) is 89.5 Å². The number of β-amino-alcohol motifs (C(OH)–C–C–N with tert-alkyl or cyclic N) is 1. The highest BCUT2D eigenvalue weighted by Gasteiger charge is 2.44. The third kappa shape index (κ3) is 12.3. The molecule has 0 aliphatic carbocycles. The van der Waals surface area contributed by atoms with E-state index in [2.05, 4.69) is 15.6 Å². The Bertz CT molecular complexity index is 1740. The summed E-state index contributed by atoms with van der Waals surface area (Å²) in [5.41, 5.74) is 10.3. The van der Waals surface area contributed by atoms with Gasteiger partial charge in [-0.15, -0.1) is 11.3 Å². The number of aromatic nitrogens is 1. The number of benzene rings is 2. The first-order chi connectivity index (χ1) is 25.5. The van der Waals surface area contributed by atoms with Crippen LogP contribution in [0.4, 0.5) is 0 Å². The first-order valence-electron chi connectivity index (χ1n) is 18.8. The Morgan fingerprint density at radius 2 is 1.78 bits per heavy atom. The molecule has 0 radical (unpaired) electrons. The summed E-state index contributed by atoms with van der Waals surface area (Å²) in [5.74, 6) is -0.398. The van der Waals surface area contributed by atoms with Gasteiger partial charge in [-0.25, -0.2) is 4.98 Å². The van der Waals surface area contributed by atoms with Crippen LogP contribution in [0.3, 0.4) is 0 Å². The van der Waals surface area contributed by atoms with Gasteiger partial charge in [0.05, 0.1) is 34.8 Å². The third-order valence-corrected chi connectivity index (χ3v) is 11.2. The van der Waals surface area contributed by atoms with E-state index in [1.54, 1.807) is 11.3 Å². The number of aliphatic hydroxyl groups excluding tert-OH is 1. The van der Waals surface area contributed by atoms with Gasteiger partial charge in [-0.3, -0.25) is 19.2 Å². The molecule has 1 saturated heterocycles. The van der Waals surface area contributed by atoms with Crippen LogP contribution < -0.4 is 21.1 Å². The highest BCUT2D eigenvalue weighted by atomic mass is 35.5. The van der Waals surface area contributed by atoms with Crippen molar-refractivity contribution in [1.82, 2.24) is 20.5 Å². The molecule has 4 amide bonds. The van der Waals surface area contributed by atoms with Crippen molar-refractivity contribution >= 4 is 46.6 Å². The Morgan fingerprint density at radius 3 is 2.43 bits per heavy atom. The molecule has 1 aromatic heterocycles. The number of ether oxygens (including phenoxy) is 1. The molecule has 13 heteroatoms. The SMILES string of the molecule is Cc1ncsc1-c1ccc([C@H](C)NC(=O)[C@@H]2C[C@@H](O)CN2C(=O)[C@@H](NC(=O)CCCCCc2cc(OC[C@@H](C)CCC(N)=O)ccc2Cl)C(C)(C)C)cc1. The molecule has 2 aromatic carbocycles. The minimum absolute atomic E-state index is 0.0137. The number of carbonyl (C=O) groups excluding carboxylic acids is 4. The van der Waals surface area contributed by atoms with Crippen LogP contribution >= 0.6 is 22.9 Å². The number of thiazole rings is 1. The molecule has 1 aliphatic rings. The van der Waals surface area contributed by atoms with Crippen molar-refractivity contribution in [3.63, 3.8) is 0 Å². The van der Waals surface area contributed by atoms with E-state index in [0.717, 1.165) is 46.5 Å². The summed E-state index contributed by atoms with van der Waals surface area (Å²) in [6, 6.07) is 11.5. The standard InChI is InChI=1S/C41H56ClN5O6S/c1-25(12-19-35(43)49)23-53-32-17-18-33(42)30(20-32)10-8-7-9-11-36(50)46-38(41(4,5)6)40(52)47-22-31(48)21-34(47)39(51)45-26(2)28-13-15-29(16-14-28)37-27(3)44-24-54-37/h13-18,20,24-26,31,34,38,48H,7-12,19,21-23H2,1-6H3,(H2,43,49)(H,45,51)(H,46,50)/t25-,26-,31+,34-,38+/m0/s1. The largest absolute Gasteiger partial charge is 0.493 e. The fourth-order valence-corrected chi connectivity index (χ4v) is 7.59. The number of hydrogen-bond donors (Lipinski definition) is 4. The number of carbonyl (C=O) groups is 4. The van der Waals surface area contributed by atoms with Crippen LogP contribution in [-0.2, 0) is 25.6 Å². The summed E-state index contributed by atoms with van der Waals surface area (Å²) in [4.78, 5) is 58.7. The average Bonchev–Trinajstić information content (AvgIpc) is 3.74. The lowest BCUT2D eigenvalue weighted by atomic mass is 9.85. The van der Waals surface area contributed by atoms with Crippen molar-refractivity contribution in [1.29, 1.82) is 0 Å². The molecule has 11 nitrogen and oxygen atoms in total. The Morgan fingerprint density at radius 1 is 1.06 bits per heavy atom. The number of rotatable bonds is 18. The van der Waals surface area contributed by atoms with Gasteiger partial charge in [0.2, 0.25) is 23.6 Å². The van der Waals surface area contributed by atoms with Crippen LogP contribution in [0.15, 0.2) is 48.0 Å². The predicted molar refractivity (Wildman–Crippen MR) is 213 cm³/mol. The highest BCUT2D eigenvalue weighted by molar-refractivity contribution is 7.13. The molecular weight excluding hydrogens is 726 g/mol. The van der Waals surface area contributed by atoms with Gasteiger partial charge < -0.3 is 31.1 Å². The van der Waals surface area contributed by atoms with Gasteiger partial charge in [0, 0.05) is 30.8 Å². The maximum atomic E-state index is 14.0. The molecule has 54 heavy (non-hydrogen) atoms. The summed E-state index contributed by atoms with van der Waals surface area (Å²) in [6.45, 7) is 12.0. The topological polar surface area (TPSA) is 164 Å². The lowest BCUT2D eigenvalue weighted by Crippen LogP contribution is -2.57. The highest BCUT2D eigenvalue weighted by Crippen LogP contribution is 2.30.